The third kappa shape index (κ3) is 7.94. The minimum absolute atomic E-state index is 0.0549. The van der Waals surface area contributed by atoms with E-state index in [-0.39, 0.29) is 6.61 Å². The molecule has 4 atom stereocenters. The number of nitrogens with zero attached hydrogens (tertiary/aromatic N) is 2. The monoisotopic (exact) mass is 634 g/mol. The van der Waals surface area contributed by atoms with Gasteiger partial charge in [-0.05, 0) is 95.9 Å². The zero-order valence-electron chi connectivity index (χ0n) is 27.5. The van der Waals surface area contributed by atoms with Crippen LogP contribution in [-0.2, 0) is 14.2 Å². The van der Waals surface area contributed by atoms with E-state index in [0.29, 0.717) is 36.0 Å². The van der Waals surface area contributed by atoms with E-state index < -0.39 is 41.4 Å². The van der Waals surface area contributed by atoms with Gasteiger partial charge in [-0.3, -0.25) is 9.97 Å². The average Bonchev–Trinajstić information content (AvgIpc) is 3.48. The Labute approximate surface area is 276 Å². The summed E-state index contributed by atoms with van der Waals surface area (Å²) in [7, 11) is 0. The number of rotatable bonds is 7. The van der Waals surface area contributed by atoms with Crippen molar-refractivity contribution in [2.24, 2.45) is 11.3 Å². The van der Waals surface area contributed by atoms with Crippen LogP contribution in [-0.4, -0.2) is 46.7 Å². The second-order valence-electron chi connectivity index (χ2n) is 12.7. The van der Waals surface area contributed by atoms with E-state index in [4.69, 9.17) is 14.2 Å². The third-order valence-corrected chi connectivity index (χ3v) is 9.19. The van der Waals surface area contributed by atoms with Gasteiger partial charge in [0.05, 0.1) is 22.1 Å². The number of aromatic nitrogens is 2. The summed E-state index contributed by atoms with van der Waals surface area (Å²) in [5.41, 5.74) is 4.44. The maximum absolute atomic E-state index is 13.7. The first kappa shape index (κ1) is 33.5. The van der Waals surface area contributed by atoms with Crippen LogP contribution in [0.1, 0.15) is 90.9 Å². The van der Waals surface area contributed by atoms with E-state index in [9.17, 15) is 14.4 Å². The Morgan fingerprint density at radius 1 is 0.787 bits per heavy atom. The zero-order chi connectivity index (χ0) is 33.4. The quantitative estimate of drug-likeness (QED) is 0.147. The maximum Gasteiger partial charge on any atom is 0.340 e. The second-order valence-corrected chi connectivity index (χ2v) is 12.7. The highest BCUT2D eigenvalue weighted by Gasteiger charge is 2.57. The molecule has 244 valence electrons. The van der Waals surface area contributed by atoms with Gasteiger partial charge < -0.3 is 14.2 Å². The number of carbonyl (C=O) groups excluding carboxylic acids is 3. The molecule has 2 aliphatic rings. The Morgan fingerprint density at radius 3 is 2.04 bits per heavy atom. The summed E-state index contributed by atoms with van der Waals surface area (Å²) < 4.78 is 19.0. The van der Waals surface area contributed by atoms with Crippen molar-refractivity contribution in [2.45, 2.75) is 72.0 Å². The largest absolute Gasteiger partial charge is 0.461 e. The number of hydrogen-bond donors (Lipinski definition) is 0. The van der Waals surface area contributed by atoms with Crippen molar-refractivity contribution in [1.29, 1.82) is 0 Å². The summed E-state index contributed by atoms with van der Waals surface area (Å²) in [5, 5.41) is 0. The van der Waals surface area contributed by atoms with Crippen LogP contribution in [0.4, 0.5) is 0 Å². The van der Waals surface area contributed by atoms with Crippen LogP contribution in [0.5, 0.6) is 0 Å². The highest BCUT2D eigenvalue weighted by Crippen LogP contribution is 2.55. The lowest BCUT2D eigenvalue weighted by Gasteiger charge is -2.43. The highest BCUT2D eigenvalue weighted by molar-refractivity contribution is 5.90. The molecule has 47 heavy (non-hydrogen) atoms. The Balaban J connectivity index is 1.66. The maximum atomic E-state index is 13.7. The lowest BCUT2D eigenvalue weighted by Crippen LogP contribution is -2.50. The predicted octanol–water partition coefficient (Wildman–Crippen LogP) is 7.89. The minimum Gasteiger partial charge on any atom is -0.461 e. The summed E-state index contributed by atoms with van der Waals surface area (Å²) >= 11 is 0. The van der Waals surface area contributed by atoms with Gasteiger partial charge >= 0.3 is 17.9 Å². The molecule has 1 saturated carbocycles. The van der Waals surface area contributed by atoms with Gasteiger partial charge in [0.2, 0.25) is 0 Å². The van der Waals surface area contributed by atoms with Gasteiger partial charge in [0, 0.05) is 37.1 Å². The number of carbonyl (C=O) groups is 3. The van der Waals surface area contributed by atoms with Gasteiger partial charge in [0.25, 0.3) is 0 Å². The number of benzene rings is 1. The fraction of sp³-hybridized carbons (Fsp3) is 0.359. The first-order valence-electron chi connectivity index (χ1n) is 16.1. The van der Waals surface area contributed by atoms with E-state index in [2.05, 4.69) is 23.0 Å². The van der Waals surface area contributed by atoms with E-state index in [1.54, 1.807) is 60.9 Å². The van der Waals surface area contributed by atoms with Gasteiger partial charge in [-0.25, -0.2) is 14.4 Å². The zero-order valence-corrected chi connectivity index (χ0v) is 27.5. The van der Waals surface area contributed by atoms with Crippen molar-refractivity contribution in [3.8, 4) is 0 Å². The molecule has 3 aromatic rings. The van der Waals surface area contributed by atoms with Crippen LogP contribution in [0.2, 0.25) is 0 Å². The topological polar surface area (TPSA) is 105 Å². The van der Waals surface area contributed by atoms with Gasteiger partial charge in [-0.15, -0.1) is 0 Å². The van der Waals surface area contributed by atoms with Gasteiger partial charge in [-0.2, -0.15) is 0 Å². The molecular formula is C39H42N2O6. The fourth-order valence-corrected chi connectivity index (χ4v) is 6.79. The standard InChI is InChI=1S/C39H42N2O6/c1-26(2)32-17-18-39(25-45-36(42)29-13-6-5-7-14-29)34(47-38(44)31-16-10-20-41-24-31)22-28(4)12-8-11-27(3)21-33(35(32)39)46-37(43)30-15-9-19-40-23-30/h5-7,9-11,13-16,19-20,22-24,33-35H,8,12,17-18,21,25H2,1-4H3/b27-11-,28-22+/t33-,34+,35-,39+/m1/s1. The fourth-order valence-electron chi connectivity index (χ4n) is 6.79. The van der Waals surface area contributed by atoms with Crippen LogP contribution >= 0.6 is 0 Å². The molecule has 2 heterocycles. The molecule has 8 nitrogen and oxygen atoms in total. The summed E-state index contributed by atoms with van der Waals surface area (Å²) in [6.07, 6.45) is 12.1. The average molecular weight is 635 g/mol. The molecule has 0 N–H and O–H groups in total. The van der Waals surface area contributed by atoms with Gasteiger partial charge in [0.1, 0.15) is 18.8 Å². The molecule has 0 radical (unpaired) electrons. The Kier molecular flexibility index (Phi) is 10.8. The lowest BCUT2D eigenvalue weighted by molar-refractivity contribution is -0.0750. The summed E-state index contributed by atoms with van der Waals surface area (Å²) in [6.45, 7) is 8.12. The Hall–Kier alpha value is -4.85. The smallest absolute Gasteiger partial charge is 0.340 e. The first-order valence-corrected chi connectivity index (χ1v) is 16.1. The minimum atomic E-state index is -0.958. The van der Waals surface area contributed by atoms with Crippen molar-refractivity contribution in [2.75, 3.05) is 6.61 Å². The number of allylic oxidation sites excluding steroid dienone is 3. The van der Waals surface area contributed by atoms with Crippen LogP contribution in [0, 0.1) is 11.3 Å². The number of pyridine rings is 2. The van der Waals surface area contributed by atoms with Crippen molar-refractivity contribution < 1.29 is 28.6 Å². The summed E-state index contributed by atoms with van der Waals surface area (Å²) in [4.78, 5) is 49.1. The number of fused-ring (bicyclic) bond motifs is 1. The third-order valence-electron chi connectivity index (χ3n) is 9.19. The Bertz CT molecular complexity index is 1660. The van der Waals surface area contributed by atoms with Crippen LogP contribution in [0.3, 0.4) is 0 Å². The number of ether oxygens (including phenoxy) is 3. The normalized spacial score (nSPS) is 25.1. The van der Waals surface area contributed by atoms with E-state index in [1.165, 1.54) is 12.4 Å². The molecule has 0 spiro atoms. The molecule has 0 unspecified atom stereocenters. The molecule has 1 aromatic carbocycles. The van der Waals surface area contributed by atoms with Crippen molar-refractivity contribution in [1.82, 2.24) is 9.97 Å². The number of hydrogen-bond acceptors (Lipinski definition) is 8. The van der Waals surface area contributed by atoms with Crippen LogP contribution < -0.4 is 0 Å². The van der Waals surface area contributed by atoms with Crippen molar-refractivity contribution in [3.05, 3.63) is 131 Å². The lowest BCUT2D eigenvalue weighted by atomic mass is 9.68. The van der Waals surface area contributed by atoms with E-state index in [0.717, 1.165) is 35.1 Å². The van der Waals surface area contributed by atoms with Crippen molar-refractivity contribution in [3.63, 3.8) is 0 Å². The molecule has 0 bridgehead atoms. The SMILES string of the molecule is CC(C)=C1CC[C@]2(COC(=O)c3ccccc3)[C@@H](OC(=O)c3cccnc3)/C=C(\C)CC/C=C(/C)C[C@@H](OC(=O)c3cccnc3)[C@@H]12. The van der Waals surface area contributed by atoms with E-state index in [1.807, 2.05) is 32.9 Å². The second kappa shape index (κ2) is 15.2. The van der Waals surface area contributed by atoms with E-state index >= 15 is 0 Å². The predicted molar refractivity (Wildman–Crippen MR) is 179 cm³/mol. The molecule has 2 aliphatic carbocycles. The molecule has 8 heteroatoms. The van der Waals surface area contributed by atoms with Crippen LogP contribution in [0.25, 0.3) is 0 Å². The molecule has 0 saturated heterocycles. The molecule has 0 aliphatic heterocycles. The van der Waals surface area contributed by atoms with Crippen LogP contribution in [0.15, 0.2) is 114 Å². The molecule has 0 amide bonds. The molecule has 5 rings (SSSR count). The molecule has 2 aromatic heterocycles. The summed E-state index contributed by atoms with van der Waals surface area (Å²) in [5.74, 6) is -1.93. The number of esters is 3. The first-order chi connectivity index (χ1) is 22.7. The van der Waals surface area contributed by atoms with Gasteiger partial charge in [0.15, 0.2) is 0 Å². The van der Waals surface area contributed by atoms with Crippen molar-refractivity contribution >= 4 is 17.9 Å². The van der Waals surface area contributed by atoms with Gasteiger partial charge in [-0.1, -0.05) is 46.6 Å². The molecular weight excluding hydrogens is 592 g/mol. The summed E-state index contributed by atoms with van der Waals surface area (Å²) in [6, 6.07) is 15.6. The molecule has 1 fully saturated rings. The highest BCUT2D eigenvalue weighted by atomic mass is 16.6. The Morgan fingerprint density at radius 2 is 1.43 bits per heavy atom.